The lowest BCUT2D eigenvalue weighted by Crippen LogP contribution is -2.47. The van der Waals surface area contributed by atoms with E-state index in [-0.39, 0.29) is 37.0 Å². The van der Waals surface area contributed by atoms with E-state index < -0.39 is 38.7 Å². The highest BCUT2D eigenvalue weighted by molar-refractivity contribution is 7.90. The number of nitrogens with one attached hydrogen (secondary N) is 1. The molecule has 0 bridgehead atoms. The molecule has 0 aromatic heterocycles. The van der Waals surface area contributed by atoms with Crippen molar-refractivity contribution in [3.05, 3.63) is 11.1 Å². The zero-order valence-electron chi connectivity index (χ0n) is 17.9. The summed E-state index contributed by atoms with van der Waals surface area (Å²) in [6.45, 7) is 12.2. The van der Waals surface area contributed by atoms with Gasteiger partial charge in [0, 0.05) is 11.5 Å². The van der Waals surface area contributed by atoms with Gasteiger partial charge in [0.05, 0.1) is 29.9 Å². The van der Waals surface area contributed by atoms with E-state index in [4.69, 9.17) is 21.1 Å². The van der Waals surface area contributed by atoms with Crippen molar-refractivity contribution in [2.75, 3.05) is 13.2 Å². The average Bonchev–Trinajstić information content (AvgIpc) is 2.55. The lowest BCUT2D eigenvalue weighted by molar-refractivity contribution is -0.147. The summed E-state index contributed by atoms with van der Waals surface area (Å²) in [4.78, 5) is 23.9. The summed E-state index contributed by atoms with van der Waals surface area (Å²) < 4.78 is 36.6. The molecular formula is C19H34ClNO6S. The van der Waals surface area contributed by atoms with E-state index in [0.717, 1.165) is 0 Å². The molecule has 2 atom stereocenters. The highest BCUT2D eigenvalue weighted by Crippen LogP contribution is 2.24. The Kier molecular flexibility index (Phi) is 11.3. The van der Waals surface area contributed by atoms with Gasteiger partial charge in [0.2, 0.25) is 10.0 Å². The molecule has 7 nitrogen and oxygen atoms in total. The summed E-state index contributed by atoms with van der Waals surface area (Å²) in [6, 6.07) is -0.703. The molecule has 0 amide bonds. The van der Waals surface area contributed by atoms with Gasteiger partial charge in [-0.05, 0) is 47.0 Å². The molecule has 0 aromatic carbocycles. The molecular weight excluding hydrogens is 406 g/mol. The smallest absolute Gasteiger partial charge is 0.312 e. The normalized spacial score (nSPS) is 15.2. The molecule has 28 heavy (non-hydrogen) atoms. The number of hydrogen-bond acceptors (Lipinski definition) is 6. The zero-order chi connectivity index (χ0) is 22.1. The van der Waals surface area contributed by atoms with Crippen LogP contribution in [0.4, 0.5) is 0 Å². The third-order valence-corrected chi connectivity index (χ3v) is 6.50. The number of esters is 2. The van der Waals surface area contributed by atoms with Crippen LogP contribution in [-0.4, -0.2) is 44.4 Å². The van der Waals surface area contributed by atoms with Crippen molar-refractivity contribution >= 4 is 33.6 Å². The first-order valence-corrected chi connectivity index (χ1v) is 11.3. The maximum absolute atomic E-state index is 12.5. The predicted octanol–water partition coefficient (Wildman–Crippen LogP) is 3.37. The van der Waals surface area contributed by atoms with Gasteiger partial charge in [-0.25, -0.2) is 13.1 Å². The van der Waals surface area contributed by atoms with Gasteiger partial charge in [-0.1, -0.05) is 31.5 Å². The molecule has 0 aromatic rings. The maximum Gasteiger partial charge on any atom is 0.312 e. The van der Waals surface area contributed by atoms with Crippen LogP contribution >= 0.6 is 11.6 Å². The second-order valence-corrected chi connectivity index (χ2v) is 10.6. The molecule has 164 valence electrons. The Labute approximate surface area is 174 Å². The number of halogens is 1. The van der Waals surface area contributed by atoms with Crippen LogP contribution in [0.2, 0.25) is 0 Å². The van der Waals surface area contributed by atoms with Gasteiger partial charge in [0.1, 0.15) is 0 Å². The third kappa shape index (κ3) is 8.92. The van der Waals surface area contributed by atoms with Gasteiger partial charge in [0.25, 0.3) is 0 Å². The van der Waals surface area contributed by atoms with E-state index in [1.165, 1.54) is 6.08 Å². The van der Waals surface area contributed by atoms with E-state index in [9.17, 15) is 18.0 Å². The van der Waals surface area contributed by atoms with Crippen LogP contribution in [0, 0.1) is 11.8 Å². The van der Waals surface area contributed by atoms with Crippen LogP contribution in [-0.2, 0) is 29.1 Å². The minimum atomic E-state index is -3.65. The summed E-state index contributed by atoms with van der Waals surface area (Å²) in [5.41, 5.74) is 0. The van der Waals surface area contributed by atoms with Gasteiger partial charge in [-0.15, -0.1) is 0 Å². The van der Waals surface area contributed by atoms with Crippen molar-refractivity contribution in [1.82, 2.24) is 4.72 Å². The molecule has 0 saturated carbocycles. The number of carbonyl (C=O) groups excluding carboxylic acids is 2. The first kappa shape index (κ1) is 26.9. The van der Waals surface area contributed by atoms with Crippen molar-refractivity contribution in [2.24, 2.45) is 11.8 Å². The lowest BCUT2D eigenvalue weighted by Gasteiger charge is -2.28. The van der Waals surface area contributed by atoms with E-state index in [2.05, 4.69) is 4.72 Å². The third-order valence-electron chi connectivity index (χ3n) is 3.97. The minimum absolute atomic E-state index is 0.0258. The van der Waals surface area contributed by atoms with E-state index in [1.807, 2.05) is 13.8 Å². The zero-order valence-corrected chi connectivity index (χ0v) is 19.4. The number of rotatable bonds is 11. The molecule has 0 spiro atoms. The highest BCUT2D eigenvalue weighted by Gasteiger charge is 2.33. The summed E-state index contributed by atoms with van der Waals surface area (Å²) in [5, 5.41) is 0.185. The molecule has 0 radical (unpaired) electrons. The minimum Gasteiger partial charge on any atom is -0.466 e. The molecule has 0 rings (SSSR count). The van der Waals surface area contributed by atoms with Crippen LogP contribution in [0.1, 0.15) is 61.3 Å². The Morgan fingerprint density at radius 1 is 1.11 bits per heavy atom. The van der Waals surface area contributed by atoms with Crippen molar-refractivity contribution in [1.29, 1.82) is 0 Å². The molecule has 0 saturated heterocycles. The largest absolute Gasteiger partial charge is 0.466 e. The van der Waals surface area contributed by atoms with Gasteiger partial charge < -0.3 is 9.47 Å². The maximum atomic E-state index is 12.5. The van der Waals surface area contributed by atoms with Gasteiger partial charge in [-0.2, -0.15) is 0 Å². The molecule has 0 fully saturated rings. The Hall–Kier alpha value is -1.12. The number of carbonyl (C=O) groups is 2. The first-order chi connectivity index (χ1) is 12.8. The van der Waals surface area contributed by atoms with Crippen molar-refractivity contribution < 1.29 is 27.5 Å². The Morgan fingerprint density at radius 3 is 2.07 bits per heavy atom. The van der Waals surface area contributed by atoms with Crippen LogP contribution in [0.25, 0.3) is 0 Å². The Morgan fingerprint density at radius 2 is 1.64 bits per heavy atom. The topological polar surface area (TPSA) is 98.8 Å². The second-order valence-electron chi connectivity index (χ2n) is 7.71. The SMILES string of the molecule is CCOC(=O)CC[C@@H](/C=C(\Cl)[C@@H](NS(=O)(=O)C(C)(C)C)C(C)C)C(=O)OCC. The van der Waals surface area contributed by atoms with E-state index in [1.54, 1.807) is 34.6 Å². The van der Waals surface area contributed by atoms with Crippen molar-refractivity contribution in [2.45, 2.75) is 72.1 Å². The number of ether oxygens (including phenoxy) is 2. The molecule has 0 aliphatic heterocycles. The van der Waals surface area contributed by atoms with Gasteiger partial charge in [0.15, 0.2) is 0 Å². The highest BCUT2D eigenvalue weighted by atomic mass is 35.5. The summed E-state index contributed by atoms with van der Waals surface area (Å²) >= 11 is 6.42. The fourth-order valence-corrected chi connectivity index (χ4v) is 3.79. The van der Waals surface area contributed by atoms with Crippen LogP contribution in [0.3, 0.4) is 0 Å². The van der Waals surface area contributed by atoms with Gasteiger partial charge in [-0.3, -0.25) is 9.59 Å². The standard InChI is InChI=1S/C19H34ClNO6S/c1-8-26-16(22)11-10-14(18(23)27-9-2)12-15(20)17(13(3)4)21-28(24,25)19(5,6)7/h12-14,17,21H,8-11H2,1-7H3/b15-12-/t14-,17-/m0/s1. The monoisotopic (exact) mass is 439 g/mol. The molecule has 9 heteroatoms. The summed E-state index contributed by atoms with van der Waals surface area (Å²) in [7, 11) is -3.65. The van der Waals surface area contributed by atoms with Crippen molar-refractivity contribution in [3.8, 4) is 0 Å². The van der Waals surface area contributed by atoms with Crippen LogP contribution in [0.15, 0.2) is 11.1 Å². The van der Waals surface area contributed by atoms with Crippen molar-refractivity contribution in [3.63, 3.8) is 0 Å². The van der Waals surface area contributed by atoms with E-state index >= 15 is 0 Å². The molecule has 0 aliphatic rings. The molecule has 0 aliphatic carbocycles. The fourth-order valence-electron chi connectivity index (χ4n) is 2.18. The van der Waals surface area contributed by atoms with Gasteiger partial charge >= 0.3 is 11.9 Å². The first-order valence-electron chi connectivity index (χ1n) is 9.48. The fraction of sp³-hybridized carbons (Fsp3) is 0.789. The quantitative estimate of drug-likeness (QED) is 0.495. The van der Waals surface area contributed by atoms with Crippen LogP contribution < -0.4 is 4.72 Å². The van der Waals surface area contributed by atoms with E-state index in [0.29, 0.717) is 0 Å². The molecule has 1 N–H and O–H groups in total. The predicted molar refractivity (Wildman–Crippen MR) is 110 cm³/mol. The number of sulfonamides is 1. The molecule has 0 unspecified atom stereocenters. The Balaban J connectivity index is 5.62. The summed E-state index contributed by atoms with van der Waals surface area (Å²) in [6.07, 6.45) is 1.65. The summed E-state index contributed by atoms with van der Waals surface area (Å²) in [5.74, 6) is -1.88. The number of hydrogen-bond donors (Lipinski definition) is 1. The lowest BCUT2D eigenvalue weighted by atomic mass is 9.98. The Bertz CT molecular complexity index is 652. The molecule has 0 heterocycles. The average molecular weight is 440 g/mol. The van der Waals surface area contributed by atoms with Crippen LogP contribution in [0.5, 0.6) is 0 Å². The second kappa shape index (κ2) is 11.8.